The van der Waals surface area contributed by atoms with Gasteiger partial charge in [-0.3, -0.25) is 9.47 Å². The molecule has 4 heterocycles. The topological polar surface area (TPSA) is 85.6 Å². The first kappa shape index (κ1) is 21.4. The molecular weight excluding hydrogens is 420 g/mol. The predicted molar refractivity (Wildman–Crippen MR) is 125 cm³/mol. The third-order valence-electron chi connectivity index (χ3n) is 5.54. The minimum atomic E-state index is -0.545. The van der Waals surface area contributed by atoms with Crippen LogP contribution in [-0.4, -0.2) is 69.0 Å². The Hall–Kier alpha value is -3.46. The molecule has 172 valence electrons. The first-order valence-corrected chi connectivity index (χ1v) is 11.2. The highest BCUT2D eigenvalue weighted by molar-refractivity contribution is 5.82. The number of rotatable bonds is 3. The van der Waals surface area contributed by atoms with E-state index in [1.807, 2.05) is 61.9 Å². The minimum absolute atomic E-state index is 0.353. The van der Waals surface area contributed by atoms with E-state index >= 15 is 0 Å². The van der Waals surface area contributed by atoms with E-state index in [4.69, 9.17) is 19.4 Å². The quantitative estimate of drug-likeness (QED) is 0.605. The van der Waals surface area contributed by atoms with Crippen molar-refractivity contribution in [1.29, 1.82) is 0 Å². The number of carbonyl (C=O) groups is 1. The van der Waals surface area contributed by atoms with Gasteiger partial charge in [-0.15, -0.1) is 0 Å². The number of imidazole rings is 1. The molecule has 0 bridgehead atoms. The third kappa shape index (κ3) is 4.41. The van der Waals surface area contributed by atoms with Crippen LogP contribution in [0.3, 0.4) is 0 Å². The molecule has 0 unspecified atom stereocenters. The maximum atomic E-state index is 12.6. The second kappa shape index (κ2) is 8.47. The van der Waals surface area contributed by atoms with Crippen LogP contribution < -0.4 is 4.90 Å². The number of amides is 1. The van der Waals surface area contributed by atoms with E-state index in [-0.39, 0.29) is 6.09 Å². The van der Waals surface area contributed by atoms with Gasteiger partial charge in [-0.25, -0.2) is 14.8 Å². The summed E-state index contributed by atoms with van der Waals surface area (Å²) >= 11 is 0. The van der Waals surface area contributed by atoms with Gasteiger partial charge in [0.25, 0.3) is 0 Å². The Morgan fingerprint density at radius 2 is 1.82 bits per heavy atom. The van der Waals surface area contributed by atoms with E-state index in [1.54, 1.807) is 11.1 Å². The maximum absolute atomic E-state index is 12.6. The molecule has 2 aliphatic rings. The smallest absolute Gasteiger partial charge is 0.414 e. The number of ether oxygens (including phenoxy) is 2. The van der Waals surface area contributed by atoms with Crippen LogP contribution >= 0.6 is 0 Å². The van der Waals surface area contributed by atoms with E-state index in [2.05, 4.69) is 9.88 Å². The van der Waals surface area contributed by atoms with Gasteiger partial charge < -0.3 is 14.4 Å². The summed E-state index contributed by atoms with van der Waals surface area (Å²) in [7, 11) is 0. The first-order chi connectivity index (χ1) is 15.9. The van der Waals surface area contributed by atoms with Crippen LogP contribution in [0.1, 0.15) is 33.0 Å². The monoisotopic (exact) mass is 448 g/mol. The molecule has 0 aliphatic carbocycles. The average molecular weight is 449 g/mol. The number of morpholine rings is 1. The summed E-state index contributed by atoms with van der Waals surface area (Å²) < 4.78 is 13.1. The van der Waals surface area contributed by atoms with Crippen LogP contribution in [0.25, 0.3) is 22.4 Å². The van der Waals surface area contributed by atoms with E-state index in [9.17, 15) is 4.79 Å². The molecule has 33 heavy (non-hydrogen) atoms. The normalized spacial score (nSPS) is 16.9. The first-order valence-electron chi connectivity index (χ1n) is 11.2. The lowest BCUT2D eigenvalue weighted by atomic mass is 10.2. The molecule has 0 spiro atoms. The number of para-hydroxylation sites is 1. The lowest BCUT2D eigenvalue weighted by molar-refractivity contribution is 0.0349. The fourth-order valence-corrected chi connectivity index (χ4v) is 4.01. The van der Waals surface area contributed by atoms with Crippen molar-refractivity contribution in [3.05, 3.63) is 48.6 Å². The number of aromatic nitrogens is 4. The molecule has 0 radical (unpaired) electrons. The number of carbonyl (C=O) groups excluding carboxylic acids is 1. The number of hydrogen-bond donors (Lipinski definition) is 0. The summed E-state index contributed by atoms with van der Waals surface area (Å²) in [6.45, 7) is 8.99. The summed E-state index contributed by atoms with van der Waals surface area (Å²) in [4.78, 5) is 30.7. The van der Waals surface area contributed by atoms with E-state index in [0.29, 0.717) is 37.6 Å². The van der Waals surface area contributed by atoms with Crippen LogP contribution in [0.2, 0.25) is 0 Å². The van der Waals surface area contributed by atoms with E-state index in [0.717, 1.165) is 35.8 Å². The number of hydrogen-bond acceptors (Lipinski definition) is 7. The molecule has 0 atom stereocenters. The van der Waals surface area contributed by atoms with Gasteiger partial charge in [-0.2, -0.15) is 4.98 Å². The third-order valence-corrected chi connectivity index (χ3v) is 5.54. The van der Waals surface area contributed by atoms with Gasteiger partial charge in [-0.05, 0) is 39.3 Å². The van der Waals surface area contributed by atoms with Crippen LogP contribution in [0.5, 0.6) is 0 Å². The zero-order chi connectivity index (χ0) is 23.0. The highest BCUT2D eigenvalue weighted by Crippen LogP contribution is 2.31. The van der Waals surface area contributed by atoms with Gasteiger partial charge in [0.1, 0.15) is 16.9 Å². The van der Waals surface area contributed by atoms with Crippen LogP contribution in [0.15, 0.2) is 42.7 Å². The zero-order valence-electron chi connectivity index (χ0n) is 19.2. The lowest BCUT2D eigenvalue weighted by Crippen LogP contribution is -2.37. The summed E-state index contributed by atoms with van der Waals surface area (Å²) in [5.41, 5.74) is 2.82. The molecule has 2 aliphatic heterocycles. The van der Waals surface area contributed by atoms with Gasteiger partial charge in [0.15, 0.2) is 5.65 Å². The van der Waals surface area contributed by atoms with E-state index < -0.39 is 5.60 Å². The zero-order valence-corrected chi connectivity index (χ0v) is 19.2. The summed E-state index contributed by atoms with van der Waals surface area (Å²) in [6.07, 6.45) is 3.94. The van der Waals surface area contributed by atoms with Gasteiger partial charge in [-0.1, -0.05) is 18.2 Å². The van der Waals surface area contributed by atoms with Gasteiger partial charge in [0.2, 0.25) is 5.95 Å². The molecule has 9 heteroatoms. The number of anilines is 1. The number of nitrogens with zero attached hydrogens (tertiary/aromatic N) is 6. The molecule has 1 amide bonds. The van der Waals surface area contributed by atoms with Crippen LogP contribution in [0.4, 0.5) is 10.7 Å². The van der Waals surface area contributed by atoms with Crippen LogP contribution in [-0.2, 0) is 9.47 Å². The lowest BCUT2D eigenvalue weighted by Gasteiger charge is -2.26. The van der Waals surface area contributed by atoms with Crippen molar-refractivity contribution in [3.8, 4) is 5.69 Å². The highest BCUT2D eigenvalue weighted by Gasteiger charge is 2.28. The molecule has 0 saturated carbocycles. The van der Waals surface area contributed by atoms with Gasteiger partial charge in [0, 0.05) is 37.1 Å². The molecule has 1 saturated heterocycles. The van der Waals surface area contributed by atoms with Crippen molar-refractivity contribution in [1.82, 2.24) is 24.4 Å². The van der Waals surface area contributed by atoms with Gasteiger partial charge in [0.05, 0.1) is 19.4 Å². The highest BCUT2D eigenvalue weighted by atomic mass is 16.6. The minimum Gasteiger partial charge on any atom is -0.443 e. The van der Waals surface area contributed by atoms with Gasteiger partial charge >= 0.3 is 6.09 Å². The van der Waals surface area contributed by atoms with Crippen molar-refractivity contribution < 1.29 is 14.3 Å². The Balaban J connectivity index is 1.57. The summed E-state index contributed by atoms with van der Waals surface area (Å²) in [5, 5.41) is 0. The SMILES string of the molecule is CC(C)(C)OC(=O)N1C=C(c2nc3cnc(N4CCOCC4)nc3n2-c2ccccc2)CC1. The van der Waals surface area contributed by atoms with Crippen molar-refractivity contribution in [3.63, 3.8) is 0 Å². The Bertz CT molecular complexity index is 1190. The molecule has 9 nitrogen and oxygen atoms in total. The average Bonchev–Trinajstić information content (AvgIpc) is 3.44. The largest absolute Gasteiger partial charge is 0.443 e. The Kier molecular flexibility index (Phi) is 5.49. The Morgan fingerprint density at radius 1 is 1.06 bits per heavy atom. The standard InChI is InChI=1S/C24H28N6O3/c1-24(2,3)33-23(31)29-10-9-17(16-29)20-26-19-15-25-22(28-11-13-32-14-12-28)27-21(19)30(20)18-7-5-4-6-8-18/h4-8,15-16H,9-14H2,1-3H3. The Morgan fingerprint density at radius 3 is 2.55 bits per heavy atom. The van der Waals surface area contributed by atoms with Crippen molar-refractivity contribution in [2.45, 2.75) is 32.8 Å². The molecule has 2 aromatic heterocycles. The second-order valence-electron chi connectivity index (χ2n) is 9.16. The number of benzene rings is 1. The van der Waals surface area contributed by atoms with Crippen molar-refractivity contribution in [2.24, 2.45) is 0 Å². The maximum Gasteiger partial charge on any atom is 0.414 e. The van der Waals surface area contributed by atoms with Crippen molar-refractivity contribution in [2.75, 3.05) is 37.7 Å². The van der Waals surface area contributed by atoms with Crippen molar-refractivity contribution >= 4 is 28.8 Å². The molecule has 1 fully saturated rings. The summed E-state index contributed by atoms with van der Waals surface area (Å²) in [5.74, 6) is 1.43. The molecular formula is C24H28N6O3. The molecule has 1 aromatic carbocycles. The predicted octanol–water partition coefficient (Wildman–Crippen LogP) is 3.63. The van der Waals surface area contributed by atoms with Crippen LogP contribution in [0, 0.1) is 0 Å². The number of fused-ring (bicyclic) bond motifs is 1. The second-order valence-corrected chi connectivity index (χ2v) is 9.16. The Labute approximate surface area is 192 Å². The fourth-order valence-electron chi connectivity index (χ4n) is 4.01. The van der Waals surface area contributed by atoms with E-state index in [1.165, 1.54) is 0 Å². The molecule has 5 rings (SSSR count). The molecule has 3 aromatic rings. The fraction of sp³-hybridized carbons (Fsp3) is 0.417. The summed E-state index contributed by atoms with van der Waals surface area (Å²) in [6, 6.07) is 10.0. The molecule has 0 N–H and O–H groups in total.